The first kappa shape index (κ1) is 14.4. The molecule has 110 valence electrons. The number of aromatic amines is 1. The van der Waals surface area contributed by atoms with Gasteiger partial charge in [-0.3, -0.25) is 4.79 Å². The number of H-pyrrole nitrogens is 1. The zero-order valence-corrected chi connectivity index (χ0v) is 11.4. The van der Waals surface area contributed by atoms with E-state index >= 15 is 0 Å². The average Bonchev–Trinajstić information content (AvgIpc) is 3.00. The lowest BCUT2D eigenvalue weighted by molar-refractivity contribution is -0.129. The topological polar surface area (TPSA) is 116 Å². The van der Waals surface area contributed by atoms with E-state index in [1.165, 1.54) is 0 Å². The summed E-state index contributed by atoms with van der Waals surface area (Å²) >= 11 is 0. The van der Waals surface area contributed by atoms with Gasteiger partial charge in [0.05, 0.1) is 6.33 Å². The number of amidine groups is 1. The molecule has 0 unspecified atom stereocenters. The van der Waals surface area contributed by atoms with E-state index in [0.717, 1.165) is 25.0 Å². The monoisotopic (exact) mass is 279 g/mol. The molecule has 20 heavy (non-hydrogen) atoms. The van der Waals surface area contributed by atoms with Crippen LogP contribution in [0, 0.1) is 5.41 Å². The van der Waals surface area contributed by atoms with Crippen LogP contribution < -0.4 is 11.1 Å². The van der Waals surface area contributed by atoms with Crippen LogP contribution in [-0.4, -0.2) is 33.5 Å². The fourth-order valence-electron chi connectivity index (χ4n) is 2.75. The van der Waals surface area contributed by atoms with Crippen LogP contribution >= 0.6 is 0 Å². The number of rotatable bonds is 5. The van der Waals surface area contributed by atoms with Crippen LogP contribution in [0.25, 0.3) is 0 Å². The van der Waals surface area contributed by atoms with Gasteiger partial charge in [0.15, 0.2) is 5.84 Å². The van der Waals surface area contributed by atoms with E-state index in [4.69, 9.17) is 10.9 Å². The molecule has 0 atom stereocenters. The maximum absolute atomic E-state index is 12.4. The summed E-state index contributed by atoms with van der Waals surface area (Å²) in [4.78, 5) is 19.3. The van der Waals surface area contributed by atoms with Gasteiger partial charge in [-0.1, -0.05) is 24.4 Å². The molecule has 0 saturated heterocycles. The third-order valence-electron chi connectivity index (χ3n) is 3.97. The third kappa shape index (κ3) is 2.92. The van der Waals surface area contributed by atoms with Crippen molar-refractivity contribution in [2.45, 2.75) is 38.5 Å². The van der Waals surface area contributed by atoms with Crippen LogP contribution in [0.2, 0.25) is 0 Å². The highest BCUT2D eigenvalue weighted by molar-refractivity contribution is 6.06. The highest BCUT2D eigenvalue weighted by Gasteiger charge is 2.43. The largest absolute Gasteiger partial charge is 0.409 e. The number of nitrogens with two attached hydrogens (primary N) is 1. The van der Waals surface area contributed by atoms with Gasteiger partial charge in [-0.15, -0.1) is 0 Å². The zero-order valence-electron chi connectivity index (χ0n) is 11.4. The van der Waals surface area contributed by atoms with Gasteiger partial charge in [-0.25, -0.2) is 4.98 Å². The lowest BCUT2D eigenvalue weighted by Crippen LogP contribution is -2.51. The number of imidazole rings is 1. The molecule has 0 bridgehead atoms. The molecule has 0 aromatic carbocycles. The predicted octanol–water partition coefficient (Wildman–Crippen LogP) is 0.765. The summed E-state index contributed by atoms with van der Waals surface area (Å²) in [6.07, 6.45) is 8.22. The summed E-state index contributed by atoms with van der Waals surface area (Å²) in [6, 6.07) is 0. The Kier molecular flexibility index (Phi) is 4.60. The number of nitrogens with zero attached hydrogens (tertiary/aromatic N) is 2. The first-order chi connectivity index (χ1) is 9.69. The highest BCUT2D eigenvalue weighted by Crippen LogP contribution is 2.36. The molecule has 7 heteroatoms. The predicted molar refractivity (Wildman–Crippen MR) is 74.2 cm³/mol. The van der Waals surface area contributed by atoms with Crippen LogP contribution in [-0.2, 0) is 11.2 Å². The molecule has 0 aliphatic heterocycles. The normalized spacial score (nSPS) is 18.7. The first-order valence-electron chi connectivity index (χ1n) is 6.92. The van der Waals surface area contributed by atoms with Crippen molar-refractivity contribution in [3.05, 3.63) is 18.2 Å². The molecule has 1 fully saturated rings. The number of nitrogens with one attached hydrogen (secondary N) is 2. The maximum Gasteiger partial charge on any atom is 0.233 e. The Morgan fingerprint density at radius 3 is 2.85 bits per heavy atom. The maximum atomic E-state index is 12.4. The number of aromatic nitrogens is 2. The van der Waals surface area contributed by atoms with Gasteiger partial charge in [-0.2, -0.15) is 0 Å². The van der Waals surface area contributed by atoms with Crippen LogP contribution in [0.3, 0.4) is 0 Å². The SMILES string of the molecule is NC(=NO)C1(C(=O)NCCc2cnc[nH]2)CCCCC1. The Morgan fingerprint density at radius 2 is 2.25 bits per heavy atom. The van der Waals surface area contributed by atoms with Crippen molar-refractivity contribution in [2.24, 2.45) is 16.3 Å². The number of carbonyl (C=O) groups excluding carboxylic acids is 1. The summed E-state index contributed by atoms with van der Waals surface area (Å²) in [7, 11) is 0. The minimum atomic E-state index is -0.846. The molecule has 1 amide bonds. The Balaban J connectivity index is 1.96. The molecule has 1 saturated carbocycles. The molecule has 0 spiro atoms. The van der Waals surface area contributed by atoms with Crippen LogP contribution in [0.5, 0.6) is 0 Å². The smallest absolute Gasteiger partial charge is 0.233 e. The number of oxime groups is 1. The first-order valence-corrected chi connectivity index (χ1v) is 6.92. The van der Waals surface area contributed by atoms with Gasteiger partial charge in [-0.05, 0) is 12.8 Å². The molecule has 5 N–H and O–H groups in total. The standard InChI is InChI=1S/C13H21N5O2/c14-11(18-20)13(5-2-1-3-6-13)12(19)16-7-4-10-8-15-9-17-10/h8-9,20H,1-7H2,(H2,14,18)(H,15,17)(H,16,19). The fraction of sp³-hybridized carbons (Fsp3) is 0.615. The second kappa shape index (κ2) is 6.40. The molecule has 1 aliphatic rings. The Labute approximate surface area is 117 Å². The Morgan fingerprint density at radius 1 is 1.50 bits per heavy atom. The lowest BCUT2D eigenvalue weighted by Gasteiger charge is -2.34. The average molecular weight is 279 g/mol. The van der Waals surface area contributed by atoms with Crippen molar-refractivity contribution in [3.63, 3.8) is 0 Å². The Hall–Kier alpha value is -2.05. The summed E-state index contributed by atoms with van der Waals surface area (Å²) < 4.78 is 0. The summed E-state index contributed by atoms with van der Waals surface area (Å²) in [5.74, 6) is -0.122. The van der Waals surface area contributed by atoms with Crippen molar-refractivity contribution in [1.82, 2.24) is 15.3 Å². The number of carbonyl (C=O) groups is 1. The second-order valence-electron chi connectivity index (χ2n) is 5.21. The zero-order chi connectivity index (χ0) is 14.4. The highest BCUT2D eigenvalue weighted by atomic mass is 16.4. The quantitative estimate of drug-likeness (QED) is 0.275. The number of hydrogen-bond acceptors (Lipinski definition) is 4. The summed E-state index contributed by atoms with van der Waals surface area (Å²) in [5.41, 5.74) is 5.89. The fourth-order valence-corrected chi connectivity index (χ4v) is 2.75. The molecular weight excluding hydrogens is 258 g/mol. The summed E-state index contributed by atoms with van der Waals surface area (Å²) in [5, 5.41) is 14.9. The van der Waals surface area contributed by atoms with E-state index in [1.807, 2.05) is 0 Å². The van der Waals surface area contributed by atoms with Crippen molar-refractivity contribution in [1.29, 1.82) is 0 Å². The van der Waals surface area contributed by atoms with Crippen LogP contribution in [0.4, 0.5) is 0 Å². The molecular formula is C13H21N5O2. The van der Waals surface area contributed by atoms with Gasteiger partial charge >= 0.3 is 0 Å². The second-order valence-corrected chi connectivity index (χ2v) is 5.21. The molecule has 1 aromatic heterocycles. The number of hydrogen-bond donors (Lipinski definition) is 4. The van der Waals surface area contributed by atoms with E-state index in [2.05, 4.69) is 20.4 Å². The van der Waals surface area contributed by atoms with E-state index in [0.29, 0.717) is 25.8 Å². The van der Waals surface area contributed by atoms with E-state index in [-0.39, 0.29) is 11.7 Å². The molecule has 2 rings (SSSR count). The minimum Gasteiger partial charge on any atom is -0.409 e. The number of amides is 1. The van der Waals surface area contributed by atoms with E-state index in [9.17, 15) is 4.79 Å². The van der Waals surface area contributed by atoms with Gasteiger partial charge in [0.25, 0.3) is 0 Å². The molecule has 0 radical (unpaired) electrons. The van der Waals surface area contributed by atoms with Gasteiger partial charge in [0.1, 0.15) is 5.41 Å². The van der Waals surface area contributed by atoms with E-state index < -0.39 is 5.41 Å². The molecule has 1 aromatic rings. The van der Waals surface area contributed by atoms with Crippen LogP contribution in [0.15, 0.2) is 17.7 Å². The lowest BCUT2D eigenvalue weighted by atomic mass is 9.72. The van der Waals surface area contributed by atoms with Crippen molar-refractivity contribution in [2.75, 3.05) is 6.54 Å². The van der Waals surface area contributed by atoms with Gasteiger partial charge in [0.2, 0.25) is 5.91 Å². The Bertz CT molecular complexity index is 463. The van der Waals surface area contributed by atoms with Gasteiger partial charge < -0.3 is 21.2 Å². The van der Waals surface area contributed by atoms with Gasteiger partial charge in [0, 0.05) is 24.9 Å². The molecule has 1 heterocycles. The summed E-state index contributed by atoms with van der Waals surface area (Å²) in [6.45, 7) is 0.501. The van der Waals surface area contributed by atoms with Crippen molar-refractivity contribution < 1.29 is 10.0 Å². The van der Waals surface area contributed by atoms with Crippen LogP contribution in [0.1, 0.15) is 37.8 Å². The molecule has 1 aliphatic carbocycles. The minimum absolute atomic E-state index is 0.0243. The van der Waals surface area contributed by atoms with E-state index in [1.54, 1.807) is 12.5 Å². The van der Waals surface area contributed by atoms with Crippen molar-refractivity contribution in [3.8, 4) is 0 Å². The van der Waals surface area contributed by atoms with Crippen molar-refractivity contribution >= 4 is 11.7 Å². The third-order valence-corrected chi connectivity index (χ3v) is 3.97. The molecule has 7 nitrogen and oxygen atoms in total.